The second kappa shape index (κ2) is 13.4. The van der Waals surface area contributed by atoms with Gasteiger partial charge in [0.2, 0.25) is 0 Å². The number of nitrogens with zero attached hydrogens (tertiary/aromatic N) is 3. The maximum atomic E-state index is 12.7. The van der Waals surface area contributed by atoms with Crippen LogP contribution in [0.5, 0.6) is 0 Å². The lowest BCUT2D eigenvalue weighted by molar-refractivity contribution is -0.156. The van der Waals surface area contributed by atoms with Crippen molar-refractivity contribution in [2.75, 3.05) is 39.3 Å². The Labute approximate surface area is 216 Å². The molecule has 4 amide bonds. The van der Waals surface area contributed by atoms with Gasteiger partial charge in [-0.1, -0.05) is 64.2 Å². The van der Waals surface area contributed by atoms with Gasteiger partial charge in [0.1, 0.15) is 0 Å². The van der Waals surface area contributed by atoms with Gasteiger partial charge in [0.15, 0.2) is 0 Å². The highest BCUT2D eigenvalue weighted by molar-refractivity contribution is 6.36. The number of carbonyl (C=O) groups excluding carboxylic acids is 4. The summed E-state index contributed by atoms with van der Waals surface area (Å²) in [5.74, 6) is -0.210. The van der Waals surface area contributed by atoms with Crippen molar-refractivity contribution in [3.05, 3.63) is 0 Å². The van der Waals surface area contributed by atoms with Gasteiger partial charge in [0, 0.05) is 45.3 Å². The van der Waals surface area contributed by atoms with Crippen LogP contribution in [-0.4, -0.2) is 83.6 Å². The van der Waals surface area contributed by atoms with Crippen LogP contribution in [0.2, 0.25) is 0 Å². The van der Waals surface area contributed by atoms with E-state index in [-0.39, 0.29) is 17.9 Å². The molecule has 36 heavy (non-hydrogen) atoms. The van der Waals surface area contributed by atoms with E-state index in [9.17, 15) is 19.2 Å². The van der Waals surface area contributed by atoms with Crippen molar-refractivity contribution < 1.29 is 19.2 Å². The fraction of sp³-hybridized carbons (Fsp3) is 0.857. The van der Waals surface area contributed by atoms with Crippen molar-refractivity contribution in [2.24, 2.45) is 11.8 Å². The fourth-order valence-corrected chi connectivity index (χ4v) is 6.67. The van der Waals surface area contributed by atoms with Crippen LogP contribution < -0.4 is 5.32 Å². The molecule has 0 aromatic carbocycles. The summed E-state index contributed by atoms with van der Waals surface area (Å²) in [4.78, 5) is 55.2. The molecule has 8 heteroatoms. The highest BCUT2D eigenvalue weighted by atomic mass is 16.2. The third-order valence-corrected chi connectivity index (χ3v) is 9.04. The van der Waals surface area contributed by atoms with Gasteiger partial charge < -0.3 is 20.0 Å². The second-order valence-electron chi connectivity index (χ2n) is 11.5. The zero-order valence-electron chi connectivity index (χ0n) is 22.1. The normalized spacial score (nSPS) is 25.0. The van der Waals surface area contributed by atoms with Gasteiger partial charge in [-0.3, -0.25) is 19.2 Å². The molecule has 4 aliphatic rings. The summed E-state index contributed by atoms with van der Waals surface area (Å²) in [7, 11) is 0. The lowest BCUT2D eigenvalue weighted by Crippen LogP contribution is -2.58. The third-order valence-electron chi connectivity index (χ3n) is 9.04. The first-order valence-electron chi connectivity index (χ1n) is 14.7. The largest absolute Gasteiger partial charge is 0.346 e. The average Bonchev–Trinajstić information content (AvgIpc) is 2.91. The average molecular weight is 503 g/mol. The Morgan fingerprint density at radius 1 is 0.611 bits per heavy atom. The smallest absolute Gasteiger partial charge is 0.312 e. The maximum Gasteiger partial charge on any atom is 0.312 e. The van der Waals surface area contributed by atoms with Crippen LogP contribution >= 0.6 is 0 Å². The summed E-state index contributed by atoms with van der Waals surface area (Å²) >= 11 is 0. The highest BCUT2D eigenvalue weighted by Gasteiger charge is 2.35. The number of carbonyl (C=O) groups is 4. The number of hydrogen-bond acceptors (Lipinski definition) is 4. The van der Waals surface area contributed by atoms with Gasteiger partial charge in [-0.2, -0.15) is 0 Å². The predicted octanol–water partition coefficient (Wildman–Crippen LogP) is 3.10. The molecule has 2 saturated carbocycles. The summed E-state index contributed by atoms with van der Waals surface area (Å²) in [6.07, 6.45) is 17.3. The first-order chi connectivity index (χ1) is 17.5. The quantitative estimate of drug-likeness (QED) is 0.347. The Balaban J connectivity index is 1.17. The number of nitrogens with one attached hydrogen (secondary N) is 1. The number of unbranched alkanes of at least 4 members (excludes halogenated alkanes) is 1. The second-order valence-corrected chi connectivity index (χ2v) is 11.5. The molecule has 1 N–H and O–H groups in total. The van der Waals surface area contributed by atoms with Gasteiger partial charge in [-0.15, -0.1) is 0 Å². The Bertz CT molecular complexity index is 776. The zero-order valence-corrected chi connectivity index (χ0v) is 22.1. The van der Waals surface area contributed by atoms with E-state index in [2.05, 4.69) is 5.32 Å². The number of hydrogen-bond donors (Lipinski definition) is 1. The first-order valence-corrected chi connectivity index (χ1v) is 14.7. The van der Waals surface area contributed by atoms with E-state index in [0.29, 0.717) is 51.1 Å². The van der Waals surface area contributed by atoms with Gasteiger partial charge in [-0.05, 0) is 43.9 Å². The van der Waals surface area contributed by atoms with Crippen LogP contribution in [0.15, 0.2) is 0 Å². The molecule has 0 spiro atoms. The van der Waals surface area contributed by atoms with Crippen LogP contribution in [0.25, 0.3) is 0 Å². The van der Waals surface area contributed by atoms with Crippen molar-refractivity contribution in [3.8, 4) is 0 Å². The van der Waals surface area contributed by atoms with Crippen LogP contribution in [0, 0.1) is 11.8 Å². The fourth-order valence-electron chi connectivity index (χ4n) is 6.67. The van der Waals surface area contributed by atoms with E-state index in [1.165, 1.54) is 64.2 Å². The Morgan fingerprint density at radius 2 is 1.17 bits per heavy atom. The third kappa shape index (κ3) is 7.22. The maximum absolute atomic E-state index is 12.7. The molecule has 0 radical (unpaired) electrons. The number of piperazine rings is 2. The summed E-state index contributed by atoms with van der Waals surface area (Å²) in [6.45, 7) is 3.71. The standard InChI is InChI=1S/C28H46N4O4/c33-25-26(34)32(18-15-23-11-5-2-6-12-23)24(21-29-25)13-7-8-16-30-19-20-31(28(36)27(30)35)17-14-22-9-3-1-4-10-22/h22-24H,1-21H2,(H,29,33)/t24-/m1/s1. The number of amides is 4. The van der Waals surface area contributed by atoms with Crippen molar-refractivity contribution in [3.63, 3.8) is 0 Å². The minimum Gasteiger partial charge on any atom is -0.346 e. The van der Waals surface area contributed by atoms with E-state index < -0.39 is 11.8 Å². The number of rotatable bonds is 11. The molecule has 2 saturated heterocycles. The van der Waals surface area contributed by atoms with Crippen LogP contribution in [0.1, 0.15) is 96.3 Å². The lowest BCUT2D eigenvalue weighted by Gasteiger charge is -2.37. The molecule has 4 rings (SSSR count). The summed E-state index contributed by atoms with van der Waals surface area (Å²) < 4.78 is 0. The molecule has 4 fully saturated rings. The van der Waals surface area contributed by atoms with Gasteiger partial charge in [0.05, 0.1) is 0 Å². The lowest BCUT2D eigenvalue weighted by atomic mass is 9.86. The molecule has 0 unspecified atom stereocenters. The van der Waals surface area contributed by atoms with E-state index >= 15 is 0 Å². The van der Waals surface area contributed by atoms with Crippen molar-refractivity contribution in [2.45, 2.75) is 102 Å². The Hall–Kier alpha value is -2.12. The first kappa shape index (κ1) is 26.9. The van der Waals surface area contributed by atoms with E-state index in [1.807, 2.05) is 0 Å². The van der Waals surface area contributed by atoms with Crippen molar-refractivity contribution in [1.29, 1.82) is 0 Å². The SMILES string of the molecule is O=C1NC[C@@H](CCCCN2CCN(CCC3CCCCC3)C(=O)C2=O)N(CCC2CCCCC2)C1=O. The van der Waals surface area contributed by atoms with Crippen LogP contribution in [-0.2, 0) is 19.2 Å². The zero-order chi connectivity index (χ0) is 25.3. The molecular formula is C28H46N4O4. The monoisotopic (exact) mass is 502 g/mol. The van der Waals surface area contributed by atoms with Gasteiger partial charge in [-0.25, -0.2) is 0 Å². The molecule has 2 aliphatic heterocycles. The molecule has 1 atom stereocenters. The van der Waals surface area contributed by atoms with Crippen molar-refractivity contribution >= 4 is 23.6 Å². The van der Waals surface area contributed by atoms with Crippen LogP contribution in [0.4, 0.5) is 0 Å². The van der Waals surface area contributed by atoms with Gasteiger partial charge in [0.25, 0.3) is 0 Å². The minimum atomic E-state index is -0.486. The molecule has 0 aromatic heterocycles. The molecule has 8 nitrogen and oxygen atoms in total. The minimum absolute atomic E-state index is 0.0211. The molecule has 0 bridgehead atoms. The molecule has 0 aromatic rings. The van der Waals surface area contributed by atoms with Crippen LogP contribution in [0.3, 0.4) is 0 Å². The van der Waals surface area contributed by atoms with Gasteiger partial charge >= 0.3 is 23.6 Å². The summed E-state index contributed by atoms with van der Waals surface area (Å²) in [6, 6.07) is 0.0211. The van der Waals surface area contributed by atoms with E-state index in [1.54, 1.807) is 14.7 Å². The Morgan fingerprint density at radius 3 is 1.78 bits per heavy atom. The van der Waals surface area contributed by atoms with E-state index in [4.69, 9.17) is 0 Å². The molecule has 2 heterocycles. The summed E-state index contributed by atoms with van der Waals surface area (Å²) in [5.41, 5.74) is 0. The molecule has 202 valence electrons. The molecule has 2 aliphatic carbocycles. The Kier molecular flexibility index (Phi) is 10.0. The predicted molar refractivity (Wildman–Crippen MR) is 138 cm³/mol. The van der Waals surface area contributed by atoms with E-state index in [0.717, 1.165) is 32.1 Å². The van der Waals surface area contributed by atoms with Crippen molar-refractivity contribution in [1.82, 2.24) is 20.0 Å². The molecular weight excluding hydrogens is 456 g/mol. The highest BCUT2D eigenvalue weighted by Crippen LogP contribution is 2.28. The summed E-state index contributed by atoms with van der Waals surface area (Å²) in [5, 5.41) is 2.75. The topological polar surface area (TPSA) is 90.0 Å².